The van der Waals surface area contributed by atoms with Crippen LogP contribution in [0.25, 0.3) is 65.4 Å². The molecule has 1 radical (unpaired) electrons. The Morgan fingerprint density at radius 1 is 0.707 bits per heavy atom. The van der Waals surface area contributed by atoms with Gasteiger partial charge in [0.15, 0.2) is 5.78 Å². The van der Waals surface area contributed by atoms with E-state index in [9.17, 15) is 23.1 Å². The zero-order valence-corrected chi connectivity index (χ0v) is 37.4. The maximum absolute atomic E-state index is 13.9. The Labute approximate surface area is 354 Å². The van der Waals surface area contributed by atoms with Crippen molar-refractivity contribution < 1.29 is 43.2 Å². The average molecular weight is 964 g/mol. The Bertz CT molecular complexity index is 2600. The Balaban J connectivity index is 0.000000344. The van der Waals surface area contributed by atoms with E-state index in [0.29, 0.717) is 11.2 Å². The topological polar surface area (TPSA) is 63.1 Å². The first-order valence-corrected chi connectivity index (χ1v) is 20.3. The van der Waals surface area contributed by atoms with Crippen LogP contribution in [-0.2, 0) is 36.7 Å². The van der Waals surface area contributed by atoms with Crippen LogP contribution < -0.4 is 0 Å². The van der Waals surface area contributed by atoms with Crippen molar-refractivity contribution in [1.82, 2.24) is 9.97 Å². The molecule has 0 unspecified atom stereocenters. The van der Waals surface area contributed by atoms with Crippen LogP contribution in [0, 0.1) is 23.3 Å². The van der Waals surface area contributed by atoms with E-state index in [-0.39, 0.29) is 55.3 Å². The number of ketones is 1. The fourth-order valence-electron chi connectivity index (χ4n) is 8.05. The van der Waals surface area contributed by atoms with Crippen LogP contribution in [-0.4, -0.2) is 27.0 Å². The van der Waals surface area contributed by atoms with Gasteiger partial charge in [0.05, 0.1) is 22.2 Å². The molecule has 0 bridgehead atoms. The van der Waals surface area contributed by atoms with E-state index in [4.69, 9.17) is 9.97 Å². The standard InChI is InChI=1S/C37H30F3N2.C13H24O2.Ir/c1-35(2,3)29-17-22(16-21-10-6-7-11-24(21)29)32-19-28-27-18-23(20-36(4,5)37(38,39)40)41-30-14-8-12-25(33(27)30)26-13-9-15-31(42-32)34(26)28;1-5-10(6-2)12(14)9-13(15)11(7-3)8-4;/h6-15,17-19H,20H2,1-5H3;9-11,14H,5-8H2,1-4H3;/q-1;;/b;12-9-;. The number of rotatable bonds is 10. The van der Waals surface area contributed by atoms with Gasteiger partial charge in [0.1, 0.15) is 0 Å². The fraction of sp³-hybridized carbons (Fsp3) is 0.380. The quantitative estimate of drug-likeness (QED) is 0.0488. The maximum Gasteiger partial charge on any atom is 0.394 e. The fourth-order valence-corrected chi connectivity index (χ4v) is 8.05. The third-order valence-electron chi connectivity index (χ3n) is 11.6. The molecule has 8 heteroatoms. The van der Waals surface area contributed by atoms with Crippen LogP contribution >= 0.6 is 0 Å². The predicted octanol–water partition coefficient (Wildman–Crippen LogP) is 14.4. The summed E-state index contributed by atoms with van der Waals surface area (Å²) in [7, 11) is 0. The zero-order valence-electron chi connectivity index (χ0n) is 35.0. The van der Waals surface area contributed by atoms with Gasteiger partial charge in [-0.1, -0.05) is 122 Å². The number of nitrogens with zero attached hydrogens (tertiary/aromatic N) is 2. The third kappa shape index (κ3) is 8.79. The summed E-state index contributed by atoms with van der Waals surface area (Å²) in [5, 5.41) is 17.9. The summed E-state index contributed by atoms with van der Waals surface area (Å²) in [6.45, 7) is 17.2. The molecule has 0 amide bonds. The number of hydrogen-bond donors (Lipinski definition) is 1. The van der Waals surface area contributed by atoms with Gasteiger partial charge in [0, 0.05) is 66.6 Å². The number of fused-ring (bicyclic) bond motifs is 3. The number of carbonyl (C=O) groups excluding carboxylic acids is 1. The number of carbonyl (C=O) groups is 1. The molecule has 0 spiro atoms. The van der Waals surface area contributed by atoms with Gasteiger partial charge in [-0.3, -0.25) is 14.8 Å². The molecule has 5 aromatic carbocycles. The molecule has 2 heterocycles. The van der Waals surface area contributed by atoms with E-state index in [1.807, 2.05) is 64.1 Å². The number of pyridine rings is 2. The van der Waals surface area contributed by atoms with Crippen LogP contribution in [0.15, 0.2) is 90.7 Å². The van der Waals surface area contributed by atoms with Crippen molar-refractivity contribution in [2.24, 2.45) is 17.3 Å². The van der Waals surface area contributed by atoms with Gasteiger partial charge >= 0.3 is 6.18 Å². The van der Waals surface area contributed by atoms with E-state index in [2.05, 4.69) is 69.3 Å². The summed E-state index contributed by atoms with van der Waals surface area (Å²) in [4.78, 5) is 21.6. The summed E-state index contributed by atoms with van der Waals surface area (Å²) in [6, 6.07) is 30.0. The second-order valence-electron chi connectivity index (χ2n) is 17.1. The molecule has 7 aromatic rings. The monoisotopic (exact) mass is 964 g/mol. The largest absolute Gasteiger partial charge is 0.512 e. The van der Waals surface area contributed by atoms with Crippen molar-refractivity contribution in [3.05, 3.63) is 108 Å². The molecule has 1 N–H and O–H groups in total. The van der Waals surface area contributed by atoms with Gasteiger partial charge in [-0.05, 0) is 70.8 Å². The summed E-state index contributed by atoms with van der Waals surface area (Å²) < 4.78 is 41.7. The summed E-state index contributed by atoms with van der Waals surface area (Å²) in [5.74, 6) is 0.547. The van der Waals surface area contributed by atoms with Gasteiger partial charge in [0.25, 0.3) is 0 Å². The molecule has 307 valence electrons. The van der Waals surface area contributed by atoms with Crippen LogP contribution in [0.1, 0.15) is 99.3 Å². The van der Waals surface area contributed by atoms with Crippen molar-refractivity contribution in [3.8, 4) is 11.3 Å². The van der Waals surface area contributed by atoms with Crippen molar-refractivity contribution >= 4 is 59.9 Å². The van der Waals surface area contributed by atoms with E-state index in [1.165, 1.54) is 30.9 Å². The molecule has 0 aliphatic rings. The summed E-state index contributed by atoms with van der Waals surface area (Å²) >= 11 is 0. The predicted molar refractivity (Wildman–Crippen MR) is 231 cm³/mol. The molecule has 0 saturated heterocycles. The molecule has 4 nitrogen and oxygen atoms in total. The average Bonchev–Trinajstić information content (AvgIpc) is 3.16. The number of allylic oxidation sites excluding steroid dienone is 2. The van der Waals surface area contributed by atoms with Gasteiger partial charge in [-0.15, -0.1) is 29.1 Å². The van der Waals surface area contributed by atoms with Crippen molar-refractivity contribution in [3.63, 3.8) is 0 Å². The van der Waals surface area contributed by atoms with Crippen molar-refractivity contribution in [2.75, 3.05) is 0 Å². The first-order valence-electron chi connectivity index (χ1n) is 20.3. The Hall–Kier alpha value is -4.39. The Morgan fingerprint density at radius 2 is 1.24 bits per heavy atom. The molecule has 0 atom stereocenters. The number of aromatic nitrogens is 2. The van der Waals surface area contributed by atoms with Crippen LogP contribution in [0.5, 0.6) is 0 Å². The number of aliphatic hydroxyl groups is 1. The molecule has 58 heavy (non-hydrogen) atoms. The SMILES string of the molecule is CC(C)(C)c1cc(-c2cc3c4cc(CC(C)(C)C(F)(F)F)nc5cccc(c6cccc(n2)c63)c54)[c-]c2ccccc12.CCC(CC)C(=O)/C=C(\O)C(CC)CC.[Ir]. The smallest absolute Gasteiger partial charge is 0.394 e. The van der Waals surface area contributed by atoms with E-state index < -0.39 is 11.6 Å². The van der Waals surface area contributed by atoms with E-state index in [1.54, 1.807) is 0 Å². The number of aliphatic hydroxyl groups excluding tert-OH is 1. The molecular weight excluding hydrogens is 910 g/mol. The second-order valence-corrected chi connectivity index (χ2v) is 17.1. The van der Waals surface area contributed by atoms with Crippen LogP contribution in [0.3, 0.4) is 0 Å². The summed E-state index contributed by atoms with van der Waals surface area (Å²) in [6.07, 6.45) is 0.354. The normalized spacial score (nSPS) is 12.9. The molecule has 0 saturated carbocycles. The van der Waals surface area contributed by atoms with Crippen LogP contribution in [0.2, 0.25) is 0 Å². The molecule has 2 aromatic heterocycles. The molecule has 0 aliphatic heterocycles. The molecular formula is C50H54F3IrN2O2-. The minimum Gasteiger partial charge on any atom is -0.512 e. The molecule has 0 aliphatic carbocycles. The zero-order chi connectivity index (χ0) is 41.4. The summed E-state index contributed by atoms with van der Waals surface area (Å²) in [5.41, 5.74) is 2.85. The molecule has 0 fully saturated rings. The second kappa shape index (κ2) is 17.5. The van der Waals surface area contributed by atoms with E-state index >= 15 is 0 Å². The number of hydrogen-bond acceptors (Lipinski definition) is 4. The van der Waals surface area contributed by atoms with Crippen LogP contribution in [0.4, 0.5) is 13.2 Å². The number of halogens is 3. The number of alkyl halides is 3. The van der Waals surface area contributed by atoms with E-state index in [0.717, 1.165) is 80.2 Å². The van der Waals surface area contributed by atoms with Crippen molar-refractivity contribution in [1.29, 1.82) is 0 Å². The Morgan fingerprint density at radius 3 is 1.79 bits per heavy atom. The number of benzene rings is 5. The minimum atomic E-state index is -4.34. The van der Waals surface area contributed by atoms with Crippen molar-refractivity contribution in [2.45, 2.75) is 106 Å². The van der Waals surface area contributed by atoms with Gasteiger partial charge in [0.2, 0.25) is 0 Å². The van der Waals surface area contributed by atoms with Gasteiger partial charge < -0.3 is 5.11 Å². The van der Waals surface area contributed by atoms with Gasteiger partial charge in [-0.25, -0.2) is 0 Å². The first-order chi connectivity index (χ1) is 26.9. The van der Waals surface area contributed by atoms with Gasteiger partial charge in [-0.2, -0.15) is 13.2 Å². The third-order valence-corrected chi connectivity index (χ3v) is 11.6. The minimum absolute atomic E-state index is 0. The maximum atomic E-state index is 13.9. The molecule has 7 rings (SSSR count). The Kier molecular flexibility index (Phi) is 13.5. The first kappa shape index (κ1) is 44.7.